The van der Waals surface area contributed by atoms with Crippen molar-refractivity contribution in [3.63, 3.8) is 0 Å². The second kappa shape index (κ2) is 13.1. The highest BCUT2D eigenvalue weighted by atomic mass is 19.4. The number of halogens is 3. The van der Waals surface area contributed by atoms with Crippen LogP contribution in [0.15, 0.2) is 73.2 Å². The van der Waals surface area contributed by atoms with Crippen LogP contribution >= 0.6 is 0 Å². The van der Waals surface area contributed by atoms with Gasteiger partial charge in [0.05, 0.1) is 19.8 Å². The van der Waals surface area contributed by atoms with Crippen LogP contribution in [-0.4, -0.2) is 56.7 Å². The summed E-state index contributed by atoms with van der Waals surface area (Å²) in [6, 6.07) is 13.4. The number of alkyl halides is 3. The molecule has 3 aromatic heterocycles. The van der Waals surface area contributed by atoms with Gasteiger partial charge in [0.1, 0.15) is 34.4 Å². The van der Waals surface area contributed by atoms with Crippen LogP contribution in [0.1, 0.15) is 46.1 Å². The molecule has 0 atom stereocenters. The topological polar surface area (TPSA) is 152 Å². The number of nitrogens with zero attached hydrogens (tertiary/aromatic N) is 4. The van der Waals surface area contributed by atoms with Gasteiger partial charge >= 0.3 is 12.3 Å². The van der Waals surface area contributed by atoms with Crippen molar-refractivity contribution in [2.45, 2.75) is 37.5 Å². The van der Waals surface area contributed by atoms with Crippen LogP contribution in [0, 0.1) is 0 Å². The number of anilines is 2. The second-order valence-electron chi connectivity index (χ2n) is 11.1. The third-order valence-electron chi connectivity index (χ3n) is 8.10. The molecule has 1 aliphatic carbocycles. The first kappa shape index (κ1) is 32.1. The van der Waals surface area contributed by atoms with Gasteiger partial charge in [-0.3, -0.25) is 9.20 Å². The number of rotatable bonds is 10. The highest BCUT2D eigenvalue weighted by Crippen LogP contribution is 2.40. The van der Waals surface area contributed by atoms with E-state index in [0.29, 0.717) is 53.5 Å². The zero-order valence-corrected chi connectivity index (χ0v) is 25.7. The summed E-state index contributed by atoms with van der Waals surface area (Å²) in [5, 5.41) is 17.4. The molecule has 5 aromatic rings. The average Bonchev–Trinajstić information content (AvgIpc) is 3.44. The molecule has 0 unspecified atom stereocenters. The Morgan fingerprint density at radius 3 is 2.46 bits per heavy atom. The molecule has 15 heteroatoms. The van der Waals surface area contributed by atoms with E-state index >= 15 is 0 Å². The molecule has 1 fully saturated rings. The summed E-state index contributed by atoms with van der Waals surface area (Å²) in [6.45, 7) is 0.358. The summed E-state index contributed by atoms with van der Waals surface area (Å²) in [5.74, 6) is 1.66. The zero-order chi connectivity index (χ0) is 34.0. The van der Waals surface area contributed by atoms with Gasteiger partial charge in [-0.15, -0.1) is 0 Å². The maximum Gasteiger partial charge on any atom is 0.416 e. The predicted molar refractivity (Wildman–Crippen MR) is 169 cm³/mol. The Balaban J connectivity index is 1.31. The lowest BCUT2D eigenvalue weighted by Crippen LogP contribution is -2.43. The number of carboxylic acid groups (broad SMARTS) is 1. The number of benzene rings is 2. The van der Waals surface area contributed by atoms with Crippen LogP contribution in [0.4, 0.5) is 29.6 Å². The minimum absolute atomic E-state index is 0.0231. The molecule has 248 valence electrons. The first-order chi connectivity index (χ1) is 23.0. The maximum atomic E-state index is 13.1. The second-order valence-corrected chi connectivity index (χ2v) is 11.1. The lowest BCUT2D eigenvalue weighted by atomic mass is 9.80. The van der Waals surface area contributed by atoms with Crippen LogP contribution in [0.25, 0.3) is 16.8 Å². The molecule has 0 aliphatic heterocycles. The van der Waals surface area contributed by atoms with E-state index in [1.165, 1.54) is 0 Å². The molecular weight excluding hydrogens is 631 g/mol. The Kier molecular flexibility index (Phi) is 8.76. The van der Waals surface area contributed by atoms with E-state index in [4.69, 9.17) is 19.6 Å². The first-order valence-corrected chi connectivity index (χ1v) is 14.8. The van der Waals surface area contributed by atoms with E-state index in [-0.39, 0.29) is 23.3 Å². The van der Waals surface area contributed by atoms with Crippen molar-refractivity contribution < 1.29 is 37.3 Å². The molecule has 2 amide bonds. The van der Waals surface area contributed by atoms with Gasteiger partial charge in [0.15, 0.2) is 5.82 Å². The Morgan fingerprint density at radius 2 is 1.77 bits per heavy atom. The first-order valence-electron chi connectivity index (χ1n) is 14.8. The highest BCUT2D eigenvalue weighted by molar-refractivity contribution is 6.04. The third-order valence-corrected chi connectivity index (χ3v) is 8.10. The summed E-state index contributed by atoms with van der Waals surface area (Å²) >= 11 is 0. The van der Waals surface area contributed by atoms with Gasteiger partial charge in [0, 0.05) is 59.9 Å². The number of carbonyl (C=O) groups excluding carboxylic acids is 1. The summed E-state index contributed by atoms with van der Waals surface area (Å²) in [4.78, 5) is 37.5. The van der Waals surface area contributed by atoms with Crippen molar-refractivity contribution in [2.24, 2.45) is 0 Å². The molecule has 6 rings (SSSR count). The third kappa shape index (κ3) is 6.65. The summed E-state index contributed by atoms with van der Waals surface area (Å²) in [6.07, 6.45) is -0.0889. The standard InChI is InChI=1S/C33H30F3N7O5/c1-47-24-8-7-20(25(16-24)48-2)17-39-29-28-27(42-30(43(28)12-11-38-29)21-13-23(14-21)40-32(45)46)18-3-5-19(6-4-18)31(44)41-26-15-22(9-10-37-26)33(34,35)36/h3-12,15-16,21,23,40H,13-14,17H2,1-2H3,(H,38,39)(H,45,46)(H,37,41,44)/t21-,23-. The number of fused-ring (bicyclic) bond motifs is 1. The molecule has 2 aromatic carbocycles. The lowest BCUT2D eigenvalue weighted by Gasteiger charge is -2.34. The zero-order valence-electron chi connectivity index (χ0n) is 25.7. The monoisotopic (exact) mass is 661 g/mol. The Hall–Kier alpha value is -5.86. The Morgan fingerprint density at radius 1 is 1.00 bits per heavy atom. The van der Waals surface area contributed by atoms with Gasteiger partial charge in [-0.05, 0) is 49.2 Å². The SMILES string of the molecule is COc1ccc(CNc2nccn3c2c(-c2ccc(C(=O)Nc4cc(C(F)(F)F)ccn4)cc2)nc3[C@H]2C[C@H](NC(=O)O)C2)c(OC)c1. The minimum atomic E-state index is -4.58. The number of hydrogen-bond donors (Lipinski definition) is 4. The number of carbonyl (C=O) groups is 2. The quantitative estimate of drug-likeness (QED) is 0.137. The van der Waals surface area contributed by atoms with Crippen molar-refractivity contribution in [2.75, 3.05) is 24.9 Å². The van der Waals surface area contributed by atoms with Crippen LogP contribution < -0.4 is 25.4 Å². The van der Waals surface area contributed by atoms with Crippen LogP contribution in [0.2, 0.25) is 0 Å². The van der Waals surface area contributed by atoms with Gasteiger partial charge in [-0.2, -0.15) is 13.2 Å². The fourth-order valence-corrected chi connectivity index (χ4v) is 5.62. The predicted octanol–water partition coefficient (Wildman–Crippen LogP) is 6.21. The number of amides is 2. The molecule has 1 aliphatic rings. The average molecular weight is 662 g/mol. The fraction of sp³-hybridized carbons (Fsp3) is 0.242. The number of nitrogens with one attached hydrogen (secondary N) is 3. The molecule has 12 nitrogen and oxygen atoms in total. The van der Waals surface area contributed by atoms with Gasteiger partial charge in [-0.1, -0.05) is 12.1 Å². The fourth-order valence-electron chi connectivity index (χ4n) is 5.62. The summed E-state index contributed by atoms with van der Waals surface area (Å²) in [7, 11) is 3.15. The molecule has 0 bridgehead atoms. The molecule has 3 heterocycles. The van der Waals surface area contributed by atoms with E-state index in [9.17, 15) is 22.8 Å². The van der Waals surface area contributed by atoms with E-state index in [2.05, 4.69) is 25.9 Å². The van der Waals surface area contributed by atoms with E-state index < -0.39 is 23.7 Å². The maximum absolute atomic E-state index is 13.1. The number of ether oxygens (including phenoxy) is 2. The van der Waals surface area contributed by atoms with Crippen molar-refractivity contribution in [1.82, 2.24) is 24.7 Å². The van der Waals surface area contributed by atoms with Gasteiger partial charge in [-0.25, -0.2) is 19.7 Å². The summed E-state index contributed by atoms with van der Waals surface area (Å²) < 4.78 is 52.2. The van der Waals surface area contributed by atoms with Crippen LogP contribution in [-0.2, 0) is 12.7 Å². The van der Waals surface area contributed by atoms with Crippen LogP contribution in [0.3, 0.4) is 0 Å². The number of hydrogen-bond acceptors (Lipinski definition) is 8. The van der Waals surface area contributed by atoms with Gasteiger partial charge in [0.2, 0.25) is 0 Å². The molecule has 4 N–H and O–H groups in total. The van der Waals surface area contributed by atoms with Gasteiger partial charge < -0.3 is 30.5 Å². The molecule has 1 saturated carbocycles. The van der Waals surface area contributed by atoms with Crippen molar-refractivity contribution in [3.05, 3.63) is 95.7 Å². The van der Waals surface area contributed by atoms with Crippen LogP contribution in [0.5, 0.6) is 11.5 Å². The number of methoxy groups -OCH3 is 2. The van der Waals surface area contributed by atoms with Crippen molar-refractivity contribution >= 4 is 29.2 Å². The van der Waals surface area contributed by atoms with Crippen molar-refractivity contribution in [1.29, 1.82) is 0 Å². The molecule has 48 heavy (non-hydrogen) atoms. The normalized spacial score (nSPS) is 15.8. The molecule has 0 saturated heterocycles. The highest BCUT2D eigenvalue weighted by Gasteiger charge is 2.35. The van der Waals surface area contributed by atoms with E-state index in [0.717, 1.165) is 29.7 Å². The number of pyridine rings is 1. The number of imidazole rings is 1. The smallest absolute Gasteiger partial charge is 0.416 e. The molecule has 0 spiro atoms. The van der Waals surface area contributed by atoms with Crippen molar-refractivity contribution in [3.8, 4) is 22.8 Å². The van der Waals surface area contributed by atoms with E-state index in [1.807, 2.05) is 16.5 Å². The van der Waals surface area contributed by atoms with E-state index in [1.54, 1.807) is 56.9 Å². The molecular formula is C33H30F3N7O5. The Labute approximate surface area is 272 Å². The Bertz CT molecular complexity index is 1980. The minimum Gasteiger partial charge on any atom is -0.497 e. The molecule has 0 radical (unpaired) electrons. The van der Waals surface area contributed by atoms with Gasteiger partial charge in [0.25, 0.3) is 5.91 Å². The lowest BCUT2D eigenvalue weighted by molar-refractivity contribution is -0.137. The summed E-state index contributed by atoms with van der Waals surface area (Å²) in [5.41, 5.74) is 2.03. The number of aromatic nitrogens is 4. The largest absolute Gasteiger partial charge is 0.497 e.